The summed E-state index contributed by atoms with van der Waals surface area (Å²) in [4.78, 5) is 27.5. The first-order valence-electron chi connectivity index (χ1n) is 9.70. The molecule has 0 radical (unpaired) electrons. The second kappa shape index (κ2) is 10.0. The summed E-state index contributed by atoms with van der Waals surface area (Å²) in [5.74, 6) is -0.617. The summed E-state index contributed by atoms with van der Waals surface area (Å²) in [6.07, 6.45) is 0.721. The zero-order chi connectivity index (χ0) is 20.7. The van der Waals surface area contributed by atoms with E-state index in [1.165, 1.54) is 12.1 Å². The smallest absolute Gasteiger partial charge is 0.243 e. The van der Waals surface area contributed by atoms with Gasteiger partial charge in [0.2, 0.25) is 11.8 Å². The normalized spacial score (nSPS) is 11.9. The average molecular weight is 384 g/mol. The highest BCUT2D eigenvalue weighted by molar-refractivity contribution is 5.88. The quantitative estimate of drug-likeness (QED) is 0.748. The van der Waals surface area contributed by atoms with E-state index >= 15 is 0 Å². The van der Waals surface area contributed by atoms with E-state index in [2.05, 4.69) is 5.32 Å². The highest BCUT2D eigenvalue weighted by Gasteiger charge is 2.29. The number of carbonyl (C=O) groups excluding carboxylic acids is 2. The molecule has 0 heterocycles. The molecule has 0 aliphatic heterocycles. The SMILES string of the molecule is CC[C@H](C(=O)NC(C)C)N(Cc1ccc(F)cc1)C(=O)Cc1ccccc1C. The molecule has 0 aliphatic carbocycles. The predicted molar refractivity (Wildman–Crippen MR) is 109 cm³/mol. The van der Waals surface area contributed by atoms with Crippen LogP contribution in [0, 0.1) is 12.7 Å². The van der Waals surface area contributed by atoms with Crippen molar-refractivity contribution in [3.05, 3.63) is 71.0 Å². The van der Waals surface area contributed by atoms with Crippen molar-refractivity contribution in [2.75, 3.05) is 0 Å². The maximum atomic E-state index is 13.3. The van der Waals surface area contributed by atoms with Gasteiger partial charge in [0.05, 0.1) is 6.42 Å². The Morgan fingerprint density at radius 2 is 1.71 bits per heavy atom. The summed E-state index contributed by atoms with van der Waals surface area (Å²) in [6, 6.07) is 13.2. The minimum absolute atomic E-state index is 0.0132. The molecule has 0 bridgehead atoms. The maximum Gasteiger partial charge on any atom is 0.243 e. The lowest BCUT2D eigenvalue weighted by Crippen LogP contribution is -2.50. The molecule has 2 aromatic carbocycles. The first-order valence-corrected chi connectivity index (χ1v) is 9.70. The van der Waals surface area contributed by atoms with Crippen LogP contribution < -0.4 is 5.32 Å². The number of amides is 2. The number of aryl methyl sites for hydroxylation is 1. The van der Waals surface area contributed by atoms with Gasteiger partial charge in [-0.15, -0.1) is 0 Å². The monoisotopic (exact) mass is 384 g/mol. The van der Waals surface area contributed by atoms with Gasteiger partial charge in [-0.2, -0.15) is 0 Å². The molecule has 1 atom stereocenters. The predicted octanol–water partition coefficient (Wildman–Crippen LogP) is 4.01. The van der Waals surface area contributed by atoms with Gasteiger partial charge in [-0.25, -0.2) is 4.39 Å². The third kappa shape index (κ3) is 5.91. The van der Waals surface area contributed by atoms with Crippen LogP contribution in [-0.2, 0) is 22.6 Å². The zero-order valence-electron chi connectivity index (χ0n) is 17.0. The number of nitrogens with one attached hydrogen (secondary N) is 1. The number of rotatable bonds is 8. The van der Waals surface area contributed by atoms with Crippen LogP contribution in [0.1, 0.15) is 43.9 Å². The summed E-state index contributed by atoms with van der Waals surface area (Å²) < 4.78 is 13.3. The molecule has 0 saturated carbocycles. The fraction of sp³-hybridized carbons (Fsp3) is 0.391. The molecular weight excluding hydrogens is 355 g/mol. The fourth-order valence-corrected chi connectivity index (χ4v) is 3.16. The van der Waals surface area contributed by atoms with E-state index in [4.69, 9.17) is 0 Å². The second-order valence-corrected chi connectivity index (χ2v) is 7.34. The van der Waals surface area contributed by atoms with E-state index in [9.17, 15) is 14.0 Å². The van der Waals surface area contributed by atoms with E-state index in [1.807, 2.05) is 52.0 Å². The summed E-state index contributed by atoms with van der Waals surface area (Å²) in [5, 5.41) is 2.91. The van der Waals surface area contributed by atoms with Gasteiger partial charge in [0.15, 0.2) is 0 Å². The van der Waals surface area contributed by atoms with Gasteiger partial charge in [-0.3, -0.25) is 9.59 Å². The van der Waals surface area contributed by atoms with Gasteiger partial charge in [-0.05, 0) is 56.0 Å². The lowest BCUT2D eigenvalue weighted by atomic mass is 10.0. The fourth-order valence-electron chi connectivity index (χ4n) is 3.16. The number of carbonyl (C=O) groups is 2. The van der Waals surface area contributed by atoms with Crippen LogP contribution in [0.2, 0.25) is 0 Å². The Labute approximate surface area is 166 Å². The Kier molecular flexibility index (Phi) is 7.73. The van der Waals surface area contributed by atoms with Crippen molar-refractivity contribution >= 4 is 11.8 Å². The van der Waals surface area contributed by atoms with E-state index in [1.54, 1.807) is 17.0 Å². The van der Waals surface area contributed by atoms with E-state index in [-0.39, 0.29) is 36.6 Å². The molecule has 28 heavy (non-hydrogen) atoms. The number of benzene rings is 2. The average Bonchev–Trinajstić information content (AvgIpc) is 2.64. The second-order valence-electron chi connectivity index (χ2n) is 7.34. The molecule has 5 heteroatoms. The lowest BCUT2D eigenvalue weighted by molar-refractivity contribution is -0.141. The molecule has 150 valence electrons. The highest BCUT2D eigenvalue weighted by atomic mass is 19.1. The van der Waals surface area contributed by atoms with Gasteiger partial charge in [-0.1, -0.05) is 43.3 Å². The molecule has 0 saturated heterocycles. The van der Waals surface area contributed by atoms with Crippen LogP contribution in [0.3, 0.4) is 0 Å². The van der Waals surface area contributed by atoms with Crippen LogP contribution in [-0.4, -0.2) is 28.8 Å². The summed E-state index contributed by atoms with van der Waals surface area (Å²) in [6.45, 7) is 7.90. The molecule has 1 N–H and O–H groups in total. The van der Waals surface area contributed by atoms with Crippen LogP contribution >= 0.6 is 0 Å². The van der Waals surface area contributed by atoms with E-state index < -0.39 is 6.04 Å². The van der Waals surface area contributed by atoms with Gasteiger partial charge in [0, 0.05) is 12.6 Å². The van der Waals surface area contributed by atoms with Crippen LogP contribution in [0.5, 0.6) is 0 Å². The van der Waals surface area contributed by atoms with Gasteiger partial charge in [0.25, 0.3) is 0 Å². The highest BCUT2D eigenvalue weighted by Crippen LogP contribution is 2.16. The molecule has 0 spiro atoms. The van der Waals surface area contributed by atoms with Crippen molar-refractivity contribution in [1.82, 2.24) is 10.2 Å². The van der Waals surface area contributed by atoms with Gasteiger partial charge < -0.3 is 10.2 Å². The molecule has 0 aliphatic rings. The van der Waals surface area contributed by atoms with Crippen LogP contribution in [0.15, 0.2) is 48.5 Å². The number of nitrogens with zero attached hydrogens (tertiary/aromatic N) is 1. The van der Waals surface area contributed by atoms with Crippen molar-refractivity contribution in [3.8, 4) is 0 Å². The van der Waals surface area contributed by atoms with Crippen molar-refractivity contribution in [1.29, 1.82) is 0 Å². The Morgan fingerprint density at radius 1 is 1.07 bits per heavy atom. The van der Waals surface area contributed by atoms with Gasteiger partial charge in [0.1, 0.15) is 11.9 Å². The molecule has 2 amide bonds. The third-order valence-electron chi connectivity index (χ3n) is 4.69. The Balaban J connectivity index is 2.30. The first-order chi connectivity index (χ1) is 13.3. The van der Waals surface area contributed by atoms with Crippen LogP contribution in [0.4, 0.5) is 4.39 Å². The van der Waals surface area contributed by atoms with E-state index in [0.29, 0.717) is 6.42 Å². The van der Waals surface area contributed by atoms with Crippen molar-refractivity contribution in [2.45, 2.75) is 59.2 Å². The van der Waals surface area contributed by atoms with Crippen molar-refractivity contribution in [2.24, 2.45) is 0 Å². The standard InChI is InChI=1S/C23H29FN2O2/c1-5-21(23(28)25-16(2)3)26(15-18-10-12-20(24)13-11-18)22(27)14-19-9-7-6-8-17(19)4/h6-13,16,21H,5,14-15H2,1-4H3,(H,25,28)/t21-/m1/s1. The zero-order valence-corrected chi connectivity index (χ0v) is 17.0. The lowest BCUT2D eigenvalue weighted by Gasteiger charge is -2.31. The maximum absolute atomic E-state index is 13.3. The Hall–Kier alpha value is -2.69. The van der Waals surface area contributed by atoms with Crippen molar-refractivity contribution in [3.63, 3.8) is 0 Å². The minimum atomic E-state index is -0.580. The summed E-state index contributed by atoms with van der Waals surface area (Å²) >= 11 is 0. The molecule has 2 aromatic rings. The number of halogens is 1. The first kappa shape index (κ1) is 21.6. The molecular formula is C23H29FN2O2. The third-order valence-corrected chi connectivity index (χ3v) is 4.69. The molecule has 0 unspecified atom stereocenters. The molecule has 0 fully saturated rings. The summed E-state index contributed by atoms with van der Waals surface area (Å²) in [7, 11) is 0. The number of hydrogen-bond donors (Lipinski definition) is 1. The molecule has 0 aromatic heterocycles. The Bertz CT molecular complexity index is 803. The Morgan fingerprint density at radius 3 is 2.29 bits per heavy atom. The largest absolute Gasteiger partial charge is 0.352 e. The summed E-state index contributed by atoms with van der Waals surface area (Å²) in [5.41, 5.74) is 2.77. The number of hydrogen-bond acceptors (Lipinski definition) is 2. The van der Waals surface area contributed by atoms with Crippen molar-refractivity contribution < 1.29 is 14.0 Å². The molecule has 4 nitrogen and oxygen atoms in total. The van der Waals surface area contributed by atoms with Crippen LogP contribution in [0.25, 0.3) is 0 Å². The van der Waals surface area contributed by atoms with E-state index in [0.717, 1.165) is 16.7 Å². The topological polar surface area (TPSA) is 49.4 Å². The van der Waals surface area contributed by atoms with Gasteiger partial charge >= 0.3 is 0 Å². The molecule has 2 rings (SSSR count). The minimum Gasteiger partial charge on any atom is -0.352 e.